The molecule has 0 saturated heterocycles. The summed E-state index contributed by atoms with van der Waals surface area (Å²) in [4.78, 5) is 12.6. The lowest BCUT2D eigenvalue weighted by atomic mass is 10.00. The highest BCUT2D eigenvalue weighted by Gasteiger charge is 2.23. The van der Waals surface area contributed by atoms with Gasteiger partial charge in [0.1, 0.15) is 24.0 Å². The topological polar surface area (TPSA) is 79.8 Å². The van der Waals surface area contributed by atoms with Crippen molar-refractivity contribution in [1.82, 2.24) is 10.6 Å². The van der Waals surface area contributed by atoms with Gasteiger partial charge in [-0.25, -0.2) is 13.6 Å². The van der Waals surface area contributed by atoms with E-state index in [4.69, 9.17) is 9.47 Å². The van der Waals surface area contributed by atoms with E-state index in [1.807, 2.05) is 54.6 Å². The van der Waals surface area contributed by atoms with Gasteiger partial charge in [-0.1, -0.05) is 42.5 Å². The van der Waals surface area contributed by atoms with Crippen LogP contribution in [0.1, 0.15) is 35.1 Å². The van der Waals surface area contributed by atoms with E-state index in [1.165, 1.54) is 12.1 Å². The number of carbonyl (C=O) groups is 1. The summed E-state index contributed by atoms with van der Waals surface area (Å²) < 4.78 is 38.3. The van der Waals surface area contributed by atoms with Gasteiger partial charge in [-0.05, 0) is 72.2 Å². The van der Waals surface area contributed by atoms with E-state index in [9.17, 15) is 18.7 Å². The van der Waals surface area contributed by atoms with Gasteiger partial charge < -0.3 is 25.2 Å². The Morgan fingerprint density at radius 3 is 2.46 bits per heavy atom. The van der Waals surface area contributed by atoms with Crippen molar-refractivity contribution in [3.8, 4) is 5.75 Å². The minimum Gasteiger partial charge on any atom is -0.497 e. The fourth-order valence-corrected chi connectivity index (χ4v) is 4.25. The zero-order valence-electron chi connectivity index (χ0n) is 22.2. The molecule has 0 aliphatic heterocycles. The number of rotatable bonds is 15. The number of halogens is 2. The molecule has 6 nitrogen and oxygen atoms in total. The van der Waals surface area contributed by atoms with Crippen LogP contribution in [-0.2, 0) is 30.7 Å². The van der Waals surface area contributed by atoms with Crippen LogP contribution in [0.2, 0.25) is 0 Å². The third-order valence-electron chi connectivity index (χ3n) is 6.30. The van der Waals surface area contributed by atoms with Crippen molar-refractivity contribution < 1.29 is 28.2 Å². The summed E-state index contributed by atoms with van der Waals surface area (Å²) >= 11 is 0. The Hall–Kier alpha value is -3.75. The molecule has 0 aliphatic rings. The normalized spacial score (nSPS) is 12.4. The number of benzene rings is 3. The van der Waals surface area contributed by atoms with E-state index in [1.54, 1.807) is 7.11 Å². The van der Waals surface area contributed by atoms with E-state index < -0.39 is 29.9 Å². The number of amides is 1. The Morgan fingerprint density at radius 2 is 1.77 bits per heavy atom. The number of aryl methyl sites for hydroxylation is 1. The number of aliphatic hydroxyl groups is 1. The number of allylic oxidation sites excluding steroid dienone is 1. The zero-order chi connectivity index (χ0) is 28.0. The number of aliphatic hydroxyl groups excluding tert-OH is 1. The largest absolute Gasteiger partial charge is 0.497 e. The van der Waals surface area contributed by atoms with Crippen LogP contribution in [-0.4, -0.2) is 37.0 Å². The third-order valence-corrected chi connectivity index (χ3v) is 6.30. The summed E-state index contributed by atoms with van der Waals surface area (Å²) in [5.74, 6) is -0.733. The van der Waals surface area contributed by atoms with Gasteiger partial charge in [0.05, 0.1) is 19.3 Å². The molecule has 3 rings (SSSR count). The van der Waals surface area contributed by atoms with Crippen molar-refractivity contribution >= 4 is 6.09 Å². The summed E-state index contributed by atoms with van der Waals surface area (Å²) in [6.45, 7) is 4.39. The third kappa shape index (κ3) is 10.1. The summed E-state index contributed by atoms with van der Waals surface area (Å²) in [7, 11) is 1.61. The lowest BCUT2D eigenvalue weighted by Gasteiger charge is -2.25. The quantitative estimate of drug-likeness (QED) is 0.177. The molecule has 8 heteroatoms. The Morgan fingerprint density at radius 1 is 1.03 bits per heavy atom. The number of methoxy groups -OCH3 is 1. The van der Waals surface area contributed by atoms with Crippen molar-refractivity contribution in [1.29, 1.82) is 0 Å². The second kappa shape index (κ2) is 15.6. The van der Waals surface area contributed by atoms with Gasteiger partial charge in [-0.15, -0.1) is 6.58 Å². The first-order chi connectivity index (χ1) is 18.9. The van der Waals surface area contributed by atoms with Gasteiger partial charge in [-0.3, -0.25) is 0 Å². The molecular formula is C31H36F2N2O4. The van der Waals surface area contributed by atoms with E-state index in [0.717, 1.165) is 47.8 Å². The van der Waals surface area contributed by atoms with Crippen LogP contribution in [0.15, 0.2) is 79.4 Å². The van der Waals surface area contributed by atoms with E-state index in [0.29, 0.717) is 12.1 Å². The second-order valence-corrected chi connectivity index (χ2v) is 9.31. The van der Waals surface area contributed by atoms with E-state index >= 15 is 0 Å². The van der Waals surface area contributed by atoms with Crippen LogP contribution in [0.25, 0.3) is 0 Å². The fourth-order valence-electron chi connectivity index (χ4n) is 4.25. The standard InChI is InChI=1S/C31H36F2N2O4/c1-3-4-6-11-24-12-13-28(38-2)17-25(24)19-34-20-30(36)29(16-23-14-26(32)18-27(33)15-23)35-31(37)39-21-22-9-7-5-8-10-22/h3,5,7-10,12-15,17-18,29-30,34,36H,1,4,6,11,16,19-21H2,2H3,(H,35,37)/t29-,30+/m0/s1. The minimum atomic E-state index is -1.07. The summed E-state index contributed by atoms with van der Waals surface area (Å²) in [5, 5.41) is 16.9. The predicted molar refractivity (Wildman–Crippen MR) is 147 cm³/mol. The first-order valence-corrected chi connectivity index (χ1v) is 13.0. The zero-order valence-corrected chi connectivity index (χ0v) is 22.2. The maximum atomic E-state index is 13.8. The monoisotopic (exact) mass is 538 g/mol. The SMILES string of the molecule is C=CCCCc1ccc(OC)cc1CNC[C@@H](O)[C@H](Cc1cc(F)cc(F)c1)NC(=O)OCc1ccccc1. The summed E-state index contributed by atoms with van der Waals surface area (Å²) in [6.07, 6.45) is 2.83. The maximum Gasteiger partial charge on any atom is 0.407 e. The van der Waals surface area contributed by atoms with Crippen LogP contribution >= 0.6 is 0 Å². The van der Waals surface area contributed by atoms with Crippen molar-refractivity contribution in [2.24, 2.45) is 0 Å². The van der Waals surface area contributed by atoms with Crippen molar-refractivity contribution in [3.05, 3.63) is 113 Å². The first kappa shape index (κ1) is 29.8. The van der Waals surface area contributed by atoms with Gasteiger partial charge in [0.15, 0.2) is 0 Å². The molecule has 0 bridgehead atoms. The smallest absolute Gasteiger partial charge is 0.407 e. The van der Waals surface area contributed by atoms with Crippen LogP contribution in [0, 0.1) is 11.6 Å². The number of alkyl carbamates (subject to hydrolysis) is 1. The highest BCUT2D eigenvalue weighted by atomic mass is 19.1. The fraction of sp³-hybridized carbons (Fsp3) is 0.323. The summed E-state index contributed by atoms with van der Waals surface area (Å²) in [6, 6.07) is 17.3. The van der Waals surface area contributed by atoms with Gasteiger partial charge >= 0.3 is 6.09 Å². The molecule has 0 aliphatic carbocycles. The van der Waals surface area contributed by atoms with Gasteiger partial charge in [0.2, 0.25) is 0 Å². The highest BCUT2D eigenvalue weighted by molar-refractivity contribution is 5.67. The molecule has 2 atom stereocenters. The van der Waals surface area contributed by atoms with Crippen LogP contribution in [0.3, 0.4) is 0 Å². The van der Waals surface area contributed by atoms with Gasteiger partial charge in [-0.2, -0.15) is 0 Å². The van der Waals surface area contributed by atoms with Crippen LogP contribution in [0.5, 0.6) is 5.75 Å². The molecule has 0 spiro atoms. The minimum absolute atomic E-state index is 0.00390. The van der Waals surface area contributed by atoms with Crippen LogP contribution in [0.4, 0.5) is 13.6 Å². The molecule has 0 saturated carbocycles. The van der Waals surface area contributed by atoms with Gasteiger partial charge in [0, 0.05) is 19.2 Å². The van der Waals surface area contributed by atoms with Crippen LogP contribution < -0.4 is 15.4 Å². The number of carbonyl (C=O) groups excluding carboxylic acids is 1. The molecule has 3 aromatic rings. The Labute approximate surface area is 228 Å². The molecule has 3 aromatic carbocycles. The Balaban J connectivity index is 1.66. The molecule has 39 heavy (non-hydrogen) atoms. The molecule has 0 heterocycles. The maximum absolute atomic E-state index is 13.8. The average Bonchev–Trinajstić information content (AvgIpc) is 2.92. The Kier molecular flexibility index (Phi) is 11.9. The molecule has 208 valence electrons. The molecule has 0 unspecified atom stereocenters. The summed E-state index contributed by atoms with van der Waals surface area (Å²) in [5.41, 5.74) is 3.30. The average molecular weight is 539 g/mol. The number of nitrogens with one attached hydrogen (secondary N) is 2. The number of ether oxygens (including phenoxy) is 2. The predicted octanol–water partition coefficient (Wildman–Crippen LogP) is 5.47. The number of hydrogen-bond donors (Lipinski definition) is 3. The molecule has 0 fully saturated rings. The van der Waals surface area contributed by atoms with Crippen molar-refractivity contribution in [2.45, 2.75) is 51.0 Å². The van der Waals surface area contributed by atoms with Gasteiger partial charge in [0.25, 0.3) is 0 Å². The van der Waals surface area contributed by atoms with E-state index in [2.05, 4.69) is 17.2 Å². The lowest BCUT2D eigenvalue weighted by Crippen LogP contribution is -2.48. The molecule has 0 aromatic heterocycles. The number of unbranched alkanes of at least 4 members (excludes halogenated alkanes) is 1. The Bertz CT molecular complexity index is 1190. The van der Waals surface area contributed by atoms with E-state index in [-0.39, 0.29) is 19.6 Å². The molecule has 0 radical (unpaired) electrons. The molecule has 3 N–H and O–H groups in total. The molecule has 1 amide bonds. The highest BCUT2D eigenvalue weighted by Crippen LogP contribution is 2.20. The lowest BCUT2D eigenvalue weighted by molar-refractivity contribution is 0.100. The van der Waals surface area contributed by atoms with Crippen molar-refractivity contribution in [3.63, 3.8) is 0 Å². The second-order valence-electron chi connectivity index (χ2n) is 9.31. The first-order valence-electron chi connectivity index (χ1n) is 13.0. The molecular weight excluding hydrogens is 502 g/mol. The number of hydrogen-bond acceptors (Lipinski definition) is 5. The van der Waals surface area contributed by atoms with Crippen molar-refractivity contribution in [2.75, 3.05) is 13.7 Å².